The van der Waals surface area contributed by atoms with E-state index in [2.05, 4.69) is 59.4 Å². The Morgan fingerprint density at radius 1 is 1.20 bits per heavy atom. The summed E-state index contributed by atoms with van der Waals surface area (Å²) in [5.41, 5.74) is 4.33. The van der Waals surface area contributed by atoms with Crippen LogP contribution in [0.25, 0.3) is 5.65 Å². The zero-order valence-electron chi connectivity index (χ0n) is 17.5. The molecule has 4 aromatic rings. The molecule has 1 aliphatic rings. The number of anilines is 1. The van der Waals surface area contributed by atoms with Crippen LogP contribution in [0.15, 0.2) is 42.7 Å². The summed E-state index contributed by atoms with van der Waals surface area (Å²) >= 11 is 1.74. The van der Waals surface area contributed by atoms with E-state index in [-0.39, 0.29) is 0 Å². The van der Waals surface area contributed by atoms with Crippen LogP contribution >= 0.6 is 11.3 Å². The van der Waals surface area contributed by atoms with Gasteiger partial charge in [-0.2, -0.15) is 9.61 Å². The van der Waals surface area contributed by atoms with Crippen molar-refractivity contribution < 1.29 is 0 Å². The lowest BCUT2D eigenvalue weighted by Gasteiger charge is -2.15. The van der Waals surface area contributed by atoms with Crippen molar-refractivity contribution in [2.45, 2.75) is 52.0 Å². The van der Waals surface area contributed by atoms with Gasteiger partial charge in [-0.25, -0.2) is 9.97 Å². The second-order valence-electron chi connectivity index (χ2n) is 8.26. The van der Waals surface area contributed by atoms with Crippen molar-refractivity contribution in [1.29, 1.82) is 0 Å². The molecule has 5 rings (SSSR count). The number of nitrogens with zero attached hydrogens (tertiary/aromatic N) is 5. The molecule has 0 bridgehead atoms. The van der Waals surface area contributed by atoms with Crippen LogP contribution in [0.1, 0.15) is 58.6 Å². The molecular formula is C23H26N6S. The smallest absolute Gasteiger partial charge is 0.157 e. The number of aromatic nitrogens is 5. The molecule has 0 aliphatic heterocycles. The lowest BCUT2D eigenvalue weighted by Crippen LogP contribution is -2.09. The van der Waals surface area contributed by atoms with Gasteiger partial charge in [0.2, 0.25) is 0 Å². The van der Waals surface area contributed by atoms with E-state index in [4.69, 9.17) is 4.98 Å². The number of fused-ring (bicyclic) bond motifs is 1. The fourth-order valence-electron chi connectivity index (χ4n) is 4.26. The predicted octanol–water partition coefficient (Wildman–Crippen LogP) is 5.11. The molecular weight excluding hydrogens is 392 g/mol. The normalized spacial score (nSPS) is 19.2. The highest BCUT2D eigenvalue weighted by molar-refractivity contribution is 7.11. The summed E-state index contributed by atoms with van der Waals surface area (Å²) < 4.78 is 1.88. The summed E-state index contributed by atoms with van der Waals surface area (Å²) in [6.07, 6.45) is 6.06. The van der Waals surface area contributed by atoms with Crippen LogP contribution in [0, 0.1) is 19.8 Å². The van der Waals surface area contributed by atoms with E-state index in [1.807, 2.05) is 29.0 Å². The van der Waals surface area contributed by atoms with Gasteiger partial charge in [0.05, 0.1) is 23.4 Å². The van der Waals surface area contributed by atoms with Gasteiger partial charge in [0, 0.05) is 40.5 Å². The Bertz CT molecular complexity index is 1170. The van der Waals surface area contributed by atoms with Gasteiger partial charge in [0.25, 0.3) is 0 Å². The van der Waals surface area contributed by atoms with E-state index in [1.54, 1.807) is 11.3 Å². The summed E-state index contributed by atoms with van der Waals surface area (Å²) in [6.45, 7) is 7.14. The summed E-state index contributed by atoms with van der Waals surface area (Å²) in [4.78, 5) is 15.2. The van der Waals surface area contributed by atoms with Gasteiger partial charge in [-0.05, 0) is 50.7 Å². The molecule has 1 aliphatic carbocycles. The number of hydrogen-bond acceptors (Lipinski definition) is 6. The third-order valence-corrected chi connectivity index (χ3v) is 7.03. The van der Waals surface area contributed by atoms with E-state index in [1.165, 1.54) is 17.0 Å². The number of thiazole rings is 1. The second kappa shape index (κ2) is 7.80. The molecule has 1 N–H and O–H groups in total. The molecule has 0 saturated heterocycles. The second-order valence-corrected chi connectivity index (χ2v) is 9.54. The average molecular weight is 419 g/mol. The first kappa shape index (κ1) is 19.2. The first-order valence-corrected chi connectivity index (χ1v) is 11.3. The molecule has 1 fully saturated rings. The highest BCUT2D eigenvalue weighted by Gasteiger charge is 2.40. The Hall–Kier alpha value is -2.80. The Morgan fingerprint density at radius 3 is 2.87 bits per heavy atom. The lowest BCUT2D eigenvalue weighted by molar-refractivity contribution is 0.591. The van der Waals surface area contributed by atoms with Crippen LogP contribution in [-0.4, -0.2) is 24.6 Å². The highest BCUT2D eigenvalue weighted by Crippen LogP contribution is 2.51. The molecule has 4 heterocycles. The molecule has 154 valence electrons. The fraction of sp³-hybridized carbons (Fsp3) is 0.391. The first-order valence-electron chi connectivity index (χ1n) is 10.5. The molecule has 0 spiro atoms. The van der Waals surface area contributed by atoms with Crippen molar-refractivity contribution >= 4 is 22.8 Å². The standard InChI is InChI=1S/C23H26N6S/c1-14(10-17-11-18(17)19-6-4-5-8-24-19)20-12-23(29-22(28-20)7-9-26-29)25-13-21-15(2)27-16(3)30-21/h4-9,12,14,17-18,25H,10-11,13H2,1-3H3. The number of pyridine rings is 1. The van der Waals surface area contributed by atoms with E-state index in [9.17, 15) is 0 Å². The number of hydrogen-bond donors (Lipinski definition) is 1. The van der Waals surface area contributed by atoms with Crippen molar-refractivity contribution in [2.24, 2.45) is 5.92 Å². The summed E-state index contributed by atoms with van der Waals surface area (Å²) in [7, 11) is 0. The Morgan fingerprint density at radius 2 is 2.10 bits per heavy atom. The Kier molecular flexibility index (Phi) is 4.98. The van der Waals surface area contributed by atoms with Crippen LogP contribution in [0.3, 0.4) is 0 Å². The van der Waals surface area contributed by atoms with Crippen LogP contribution in [0.4, 0.5) is 5.82 Å². The van der Waals surface area contributed by atoms with Gasteiger partial charge in [0.15, 0.2) is 5.65 Å². The molecule has 0 aromatic carbocycles. The van der Waals surface area contributed by atoms with Crippen molar-refractivity contribution in [3.05, 3.63) is 69.7 Å². The van der Waals surface area contributed by atoms with Crippen LogP contribution in [-0.2, 0) is 6.54 Å². The largest absolute Gasteiger partial charge is 0.365 e. The van der Waals surface area contributed by atoms with Crippen molar-refractivity contribution in [3.63, 3.8) is 0 Å². The molecule has 0 radical (unpaired) electrons. The zero-order chi connectivity index (χ0) is 20.7. The molecule has 3 atom stereocenters. The first-order chi connectivity index (χ1) is 14.6. The van der Waals surface area contributed by atoms with Crippen molar-refractivity contribution in [3.8, 4) is 0 Å². The average Bonchev–Trinajstić information content (AvgIpc) is 3.19. The van der Waals surface area contributed by atoms with E-state index in [0.29, 0.717) is 17.8 Å². The van der Waals surface area contributed by atoms with Crippen LogP contribution < -0.4 is 5.32 Å². The Balaban J connectivity index is 1.33. The third-order valence-electron chi connectivity index (χ3n) is 5.96. The highest BCUT2D eigenvalue weighted by atomic mass is 32.1. The number of nitrogens with one attached hydrogen (secondary N) is 1. The van der Waals surface area contributed by atoms with Gasteiger partial charge in [-0.3, -0.25) is 4.98 Å². The molecule has 1 saturated carbocycles. The van der Waals surface area contributed by atoms with Crippen LogP contribution in [0.2, 0.25) is 0 Å². The van der Waals surface area contributed by atoms with E-state index < -0.39 is 0 Å². The Labute approximate surface area is 180 Å². The monoisotopic (exact) mass is 418 g/mol. The van der Waals surface area contributed by atoms with Crippen LogP contribution in [0.5, 0.6) is 0 Å². The maximum atomic E-state index is 4.89. The van der Waals surface area contributed by atoms with Gasteiger partial charge in [-0.15, -0.1) is 11.3 Å². The molecule has 7 heteroatoms. The molecule has 4 aromatic heterocycles. The molecule has 3 unspecified atom stereocenters. The summed E-state index contributed by atoms with van der Waals surface area (Å²) in [5, 5.41) is 9.12. The molecule has 6 nitrogen and oxygen atoms in total. The van der Waals surface area contributed by atoms with Gasteiger partial charge in [0.1, 0.15) is 5.82 Å². The fourth-order valence-corrected chi connectivity index (χ4v) is 5.14. The molecule has 0 amide bonds. The maximum Gasteiger partial charge on any atom is 0.157 e. The topological polar surface area (TPSA) is 68.0 Å². The van der Waals surface area contributed by atoms with Gasteiger partial charge in [-0.1, -0.05) is 13.0 Å². The summed E-state index contributed by atoms with van der Waals surface area (Å²) in [6, 6.07) is 10.3. The van der Waals surface area contributed by atoms with Crippen molar-refractivity contribution in [2.75, 3.05) is 5.32 Å². The SMILES string of the molecule is Cc1nc(C)c(CNc2cc(C(C)CC3CC3c3ccccn3)nc3ccnn23)s1. The molecule has 30 heavy (non-hydrogen) atoms. The maximum absolute atomic E-state index is 4.89. The van der Waals surface area contributed by atoms with E-state index >= 15 is 0 Å². The van der Waals surface area contributed by atoms with Crippen molar-refractivity contribution in [1.82, 2.24) is 24.6 Å². The zero-order valence-corrected chi connectivity index (χ0v) is 18.4. The minimum absolute atomic E-state index is 0.386. The third kappa shape index (κ3) is 3.81. The quantitative estimate of drug-likeness (QED) is 0.452. The predicted molar refractivity (Wildman–Crippen MR) is 120 cm³/mol. The minimum atomic E-state index is 0.386. The van der Waals surface area contributed by atoms with E-state index in [0.717, 1.165) is 40.8 Å². The number of aryl methyl sites for hydroxylation is 2. The lowest BCUT2D eigenvalue weighted by atomic mass is 9.98. The van der Waals surface area contributed by atoms with Gasteiger partial charge >= 0.3 is 0 Å². The number of rotatable bonds is 7. The summed E-state index contributed by atoms with van der Waals surface area (Å²) in [5.74, 6) is 2.66. The van der Waals surface area contributed by atoms with Gasteiger partial charge < -0.3 is 5.32 Å². The minimum Gasteiger partial charge on any atom is -0.365 e.